The first-order chi connectivity index (χ1) is 11.2. The number of carbonyl (C=O) groups excluding carboxylic acids is 1. The molecule has 7 heteroatoms. The molecule has 3 aromatic rings. The molecule has 0 radical (unpaired) electrons. The number of halogens is 1. The van der Waals surface area contributed by atoms with Crippen molar-refractivity contribution < 1.29 is 4.79 Å². The van der Waals surface area contributed by atoms with Gasteiger partial charge in [0.05, 0.1) is 5.75 Å². The second kappa shape index (κ2) is 7.59. The topological polar surface area (TPSA) is 54.9 Å². The summed E-state index contributed by atoms with van der Waals surface area (Å²) in [7, 11) is 0. The molecule has 0 fully saturated rings. The smallest absolute Gasteiger partial charge is 0.234 e. The molecule has 0 saturated carbocycles. The Labute approximate surface area is 147 Å². The number of hydrogen-bond acceptors (Lipinski definition) is 5. The second-order valence-electron chi connectivity index (χ2n) is 4.62. The van der Waals surface area contributed by atoms with Gasteiger partial charge in [-0.15, -0.1) is 16.9 Å². The van der Waals surface area contributed by atoms with Crippen LogP contribution in [0.1, 0.15) is 0 Å². The van der Waals surface area contributed by atoms with Crippen LogP contribution in [-0.4, -0.2) is 21.2 Å². The van der Waals surface area contributed by atoms with Crippen LogP contribution in [0.25, 0.3) is 11.3 Å². The van der Waals surface area contributed by atoms with Crippen LogP contribution in [0, 0.1) is 0 Å². The highest BCUT2D eigenvalue weighted by Gasteiger charge is 2.13. The quantitative estimate of drug-likeness (QED) is 0.675. The molecule has 116 valence electrons. The molecule has 1 aromatic heterocycles. The number of benzene rings is 2. The van der Waals surface area contributed by atoms with Crippen molar-refractivity contribution in [3.8, 4) is 11.3 Å². The van der Waals surface area contributed by atoms with Gasteiger partial charge >= 0.3 is 0 Å². The van der Waals surface area contributed by atoms with E-state index < -0.39 is 0 Å². The molecular weight excluding hydrogens is 350 g/mol. The number of nitrogens with zero attached hydrogens (tertiary/aromatic N) is 2. The normalized spacial score (nSPS) is 10.5. The zero-order valence-corrected chi connectivity index (χ0v) is 14.3. The Morgan fingerprint density at radius 3 is 2.61 bits per heavy atom. The summed E-state index contributed by atoms with van der Waals surface area (Å²) in [5, 5.41) is 7.68. The highest BCUT2D eigenvalue weighted by atomic mass is 35.5. The molecular formula is C16H12ClN3OS2. The second-order valence-corrected chi connectivity index (χ2v) is 7.05. The van der Waals surface area contributed by atoms with Gasteiger partial charge in [-0.05, 0) is 35.8 Å². The van der Waals surface area contributed by atoms with Gasteiger partial charge in [0, 0.05) is 16.3 Å². The standard InChI is InChI=1S/C16H12ClN3OS2/c17-12-8-6-11(7-9-12)15-16(23-20-19-15)22-10-14(21)18-13-4-2-1-3-5-13/h1-9H,10H2,(H,18,21). The molecule has 1 heterocycles. The third kappa shape index (κ3) is 4.31. The van der Waals surface area contributed by atoms with Crippen LogP contribution in [0.3, 0.4) is 0 Å². The fourth-order valence-electron chi connectivity index (χ4n) is 1.91. The van der Waals surface area contributed by atoms with Crippen LogP contribution in [0.15, 0.2) is 58.8 Å². The number of carbonyl (C=O) groups is 1. The Kier molecular flexibility index (Phi) is 5.27. The monoisotopic (exact) mass is 361 g/mol. The van der Waals surface area contributed by atoms with E-state index in [9.17, 15) is 4.79 Å². The molecule has 0 aliphatic heterocycles. The highest BCUT2D eigenvalue weighted by molar-refractivity contribution is 8.01. The van der Waals surface area contributed by atoms with Gasteiger partial charge in [-0.3, -0.25) is 4.79 Å². The molecule has 1 N–H and O–H groups in total. The number of anilines is 1. The van der Waals surface area contributed by atoms with E-state index in [0.717, 1.165) is 21.2 Å². The zero-order chi connectivity index (χ0) is 16.1. The van der Waals surface area contributed by atoms with Crippen LogP contribution in [0.5, 0.6) is 0 Å². The summed E-state index contributed by atoms with van der Waals surface area (Å²) in [6, 6.07) is 16.8. The van der Waals surface area contributed by atoms with Gasteiger partial charge in [0.2, 0.25) is 5.91 Å². The Morgan fingerprint density at radius 1 is 1.13 bits per heavy atom. The number of para-hydroxylation sites is 1. The Hall–Kier alpha value is -1.89. The summed E-state index contributed by atoms with van der Waals surface area (Å²) < 4.78 is 4.90. The predicted molar refractivity (Wildman–Crippen MR) is 96.2 cm³/mol. The van der Waals surface area contributed by atoms with E-state index in [0.29, 0.717) is 10.8 Å². The van der Waals surface area contributed by atoms with E-state index in [2.05, 4.69) is 14.9 Å². The van der Waals surface area contributed by atoms with Crippen molar-refractivity contribution in [3.05, 3.63) is 59.6 Å². The molecule has 0 aliphatic carbocycles. The lowest BCUT2D eigenvalue weighted by molar-refractivity contribution is -0.113. The van der Waals surface area contributed by atoms with Gasteiger partial charge in [-0.25, -0.2) is 0 Å². The molecule has 0 saturated heterocycles. The third-order valence-corrected chi connectivity index (χ3v) is 5.18. The summed E-state index contributed by atoms with van der Waals surface area (Å²) in [6.07, 6.45) is 0. The van der Waals surface area contributed by atoms with Crippen LogP contribution < -0.4 is 5.32 Å². The van der Waals surface area contributed by atoms with Crippen molar-refractivity contribution in [2.75, 3.05) is 11.1 Å². The van der Waals surface area contributed by atoms with Crippen LogP contribution in [-0.2, 0) is 4.79 Å². The number of amides is 1. The summed E-state index contributed by atoms with van der Waals surface area (Å²) in [5.41, 5.74) is 2.51. The van der Waals surface area contributed by atoms with Crippen molar-refractivity contribution in [1.29, 1.82) is 0 Å². The molecule has 0 bridgehead atoms. The summed E-state index contributed by atoms with van der Waals surface area (Å²) >= 11 is 8.62. The minimum absolute atomic E-state index is 0.0587. The Balaban J connectivity index is 1.64. The maximum atomic E-state index is 12.0. The van der Waals surface area contributed by atoms with Gasteiger partial charge in [-0.1, -0.05) is 46.4 Å². The van der Waals surface area contributed by atoms with Crippen LogP contribution >= 0.6 is 34.9 Å². The van der Waals surface area contributed by atoms with Gasteiger partial charge in [0.25, 0.3) is 0 Å². The number of hydrogen-bond donors (Lipinski definition) is 1. The molecule has 0 spiro atoms. The van der Waals surface area contributed by atoms with E-state index in [1.54, 1.807) is 0 Å². The minimum atomic E-state index is -0.0587. The van der Waals surface area contributed by atoms with Crippen molar-refractivity contribution >= 4 is 46.5 Å². The molecule has 3 rings (SSSR count). The third-order valence-electron chi connectivity index (χ3n) is 2.97. The lowest BCUT2D eigenvalue weighted by Crippen LogP contribution is -2.13. The number of rotatable bonds is 5. The van der Waals surface area contributed by atoms with E-state index in [1.165, 1.54) is 23.3 Å². The molecule has 4 nitrogen and oxygen atoms in total. The lowest BCUT2D eigenvalue weighted by atomic mass is 10.2. The minimum Gasteiger partial charge on any atom is -0.325 e. The van der Waals surface area contributed by atoms with E-state index >= 15 is 0 Å². The molecule has 2 aromatic carbocycles. The molecule has 1 amide bonds. The van der Waals surface area contributed by atoms with Crippen LogP contribution in [0.2, 0.25) is 5.02 Å². The first kappa shape index (κ1) is 16.0. The largest absolute Gasteiger partial charge is 0.325 e. The van der Waals surface area contributed by atoms with Gasteiger partial charge in [0.1, 0.15) is 9.90 Å². The maximum absolute atomic E-state index is 12.0. The van der Waals surface area contributed by atoms with E-state index in [1.807, 2.05) is 54.6 Å². The van der Waals surface area contributed by atoms with Gasteiger partial charge in [-0.2, -0.15) is 0 Å². The highest BCUT2D eigenvalue weighted by Crippen LogP contribution is 2.33. The zero-order valence-electron chi connectivity index (χ0n) is 11.9. The first-order valence-electron chi connectivity index (χ1n) is 6.78. The maximum Gasteiger partial charge on any atom is 0.234 e. The number of thioether (sulfide) groups is 1. The van der Waals surface area contributed by atoms with E-state index in [4.69, 9.17) is 11.6 Å². The molecule has 0 aliphatic rings. The molecule has 0 atom stereocenters. The average Bonchev–Trinajstić information content (AvgIpc) is 3.03. The van der Waals surface area contributed by atoms with Crippen LogP contribution in [0.4, 0.5) is 5.69 Å². The molecule has 23 heavy (non-hydrogen) atoms. The van der Waals surface area contributed by atoms with Crippen molar-refractivity contribution in [1.82, 2.24) is 9.59 Å². The van der Waals surface area contributed by atoms with Gasteiger partial charge < -0.3 is 5.32 Å². The average molecular weight is 362 g/mol. The van der Waals surface area contributed by atoms with Crippen molar-refractivity contribution in [2.45, 2.75) is 4.21 Å². The summed E-state index contributed by atoms with van der Waals surface area (Å²) in [4.78, 5) is 12.0. The number of aromatic nitrogens is 2. The van der Waals surface area contributed by atoms with E-state index in [-0.39, 0.29) is 5.91 Å². The first-order valence-corrected chi connectivity index (χ1v) is 8.92. The predicted octanol–water partition coefficient (Wildman–Crippen LogP) is 4.59. The summed E-state index contributed by atoms with van der Waals surface area (Å²) in [6.45, 7) is 0. The SMILES string of the molecule is O=C(CSc1snnc1-c1ccc(Cl)cc1)Nc1ccccc1. The fourth-order valence-corrected chi connectivity index (χ4v) is 3.60. The lowest BCUT2D eigenvalue weighted by Gasteiger charge is -2.04. The molecule has 0 unspecified atom stereocenters. The fraction of sp³-hybridized carbons (Fsp3) is 0.0625. The summed E-state index contributed by atoms with van der Waals surface area (Å²) in [5.74, 6) is 0.246. The van der Waals surface area contributed by atoms with Crippen molar-refractivity contribution in [3.63, 3.8) is 0 Å². The van der Waals surface area contributed by atoms with Crippen molar-refractivity contribution in [2.24, 2.45) is 0 Å². The Morgan fingerprint density at radius 2 is 1.87 bits per heavy atom. The number of nitrogens with one attached hydrogen (secondary N) is 1. The Bertz CT molecular complexity index is 791. The van der Waals surface area contributed by atoms with Gasteiger partial charge in [0.15, 0.2) is 0 Å².